The number of aromatic nitrogens is 2. The highest BCUT2D eigenvalue weighted by Crippen LogP contribution is 2.42. The van der Waals surface area contributed by atoms with Gasteiger partial charge in [0, 0.05) is 15.3 Å². The second-order valence-electron chi connectivity index (χ2n) is 5.42. The van der Waals surface area contributed by atoms with E-state index in [-0.39, 0.29) is 5.91 Å². The molecule has 3 rings (SSSR count). The first-order valence-corrected chi connectivity index (χ1v) is 9.65. The van der Waals surface area contributed by atoms with Gasteiger partial charge in [-0.1, -0.05) is 27.3 Å². The molecule has 0 saturated heterocycles. The van der Waals surface area contributed by atoms with Gasteiger partial charge < -0.3 is 0 Å². The minimum absolute atomic E-state index is 0.0385. The molecule has 1 aliphatic rings. The van der Waals surface area contributed by atoms with Crippen LogP contribution in [-0.4, -0.2) is 21.9 Å². The third-order valence-electron chi connectivity index (χ3n) is 3.43. The van der Waals surface area contributed by atoms with E-state index in [1.54, 1.807) is 11.8 Å². The summed E-state index contributed by atoms with van der Waals surface area (Å²) in [6, 6.07) is 4.19. The highest BCUT2D eigenvalue weighted by molar-refractivity contribution is 9.10. The number of nitrogens with one attached hydrogen (secondary N) is 1. The molecule has 1 fully saturated rings. The fourth-order valence-electron chi connectivity index (χ4n) is 1.99. The van der Waals surface area contributed by atoms with Gasteiger partial charge in [-0.15, -0.1) is 22.0 Å². The largest absolute Gasteiger partial charge is 0.300 e. The van der Waals surface area contributed by atoms with E-state index >= 15 is 0 Å². The number of anilines is 1. The number of amides is 1. The molecular weight excluding hydrogens is 382 g/mol. The monoisotopic (exact) mass is 397 g/mol. The number of carbonyl (C=O) groups excluding carboxylic acids is 1. The average molecular weight is 398 g/mol. The van der Waals surface area contributed by atoms with Crippen molar-refractivity contribution in [3.05, 3.63) is 32.7 Å². The Bertz CT molecular complexity index is 713. The van der Waals surface area contributed by atoms with E-state index in [4.69, 9.17) is 0 Å². The summed E-state index contributed by atoms with van der Waals surface area (Å²) in [6.45, 7) is 4.10. The smallest absolute Gasteiger partial charge is 0.236 e. The summed E-state index contributed by atoms with van der Waals surface area (Å²) in [6.07, 6.45) is 2.39. The molecule has 116 valence electrons. The molecule has 0 unspecified atom stereocenters. The Morgan fingerprint density at radius 3 is 2.86 bits per heavy atom. The molecule has 1 aromatic carbocycles. The minimum atomic E-state index is -0.0385. The first kappa shape index (κ1) is 16.0. The van der Waals surface area contributed by atoms with Gasteiger partial charge >= 0.3 is 0 Å². The maximum absolute atomic E-state index is 12.0. The van der Waals surface area contributed by atoms with Crippen LogP contribution in [0.2, 0.25) is 0 Å². The zero-order valence-corrected chi connectivity index (χ0v) is 15.6. The number of benzene rings is 1. The number of rotatable bonds is 5. The molecule has 0 atom stereocenters. The molecule has 1 heterocycles. The zero-order chi connectivity index (χ0) is 15.7. The van der Waals surface area contributed by atoms with Crippen LogP contribution in [-0.2, 0) is 4.79 Å². The second kappa shape index (κ2) is 6.68. The molecule has 1 aromatic heterocycles. The van der Waals surface area contributed by atoms with Crippen molar-refractivity contribution in [1.82, 2.24) is 10.2 Å². The summed E-state index contributed by atoms with van der Waals surface area (Å²) in [5, 5.41) is 12.7. The lowest BCUT2D eigenvalue weighted by molar-refractivity contribution is -0.113. The standard InChI is InChI=1S/C15H16BrN3OS2/c1-8-6-12(9(2)5-11(8)16)21-7-13(20)17-15-19-18-14(22-15)10-3-4-10/h5-6,10H,3-4,7H2,1-2H3,(H,17,19,20). The molecule has 0 bridgehead atoms. The van der Waals surface area contributed by atoms with Gasteiger partial charge in [-0.25, -0.2) is 0 Å². The normalized spacial score (nSPS) is 14.1. The molecule has 1 amide bonds. The van der Waals surface area contributed by atoms with Crippen LogP contribution in [0.1, 0.15) is 34.9 Å². The van der Waals surface area contributed by atoms with Gasteiger partial charge in [0.1, 0.15) is 5.01 Å². The van der Waals surface area contributed by atoms with Gasteiger partial charge in [0.2, 0.25) is 11.0 Å². The Morgan fingerprint density at radius 1 is 1.36 bits per heavy atom. The number of nitrogens with zero attached hydrogens (tertiary/aromatic N) is 2. The van der Waals surface area contributed by atoms with Gasteiger partial charge in [0.15, 0.2) is 0 Å². The first-order chi connectivity index (χ1) is 10.5. The van der Waals surface area contributed by atoms with E-state index < -0.39 is 0 Å². The van der Waals surface area contributed by atoms with E-state index in [0.29, 0.717) is 16.8 Å². The van der Waals surface area contributed by atoms with Crippen molar-refractivity contribution < 1.29 is 4.79 Å². The Balaban J connectivity index is 1.56. The summed E-state index contributed by atoms with van der Waals surface area (Å²) in [4.78, 5) is 13.2. The molecule has 1 saturated carbocycles. The number of hydrogen-bond acceptors (Lipinski definition) is 5. The number of hydrogen-bond donors (Lipinski definition) is 1. The summed E-state index contributed by atoms with van der Waals surface area (Å²) < 4.78 is 1.10. The molecule has 1 aliphatic carbocycles. The summed E-state index contributed by atoms with van der Waals surface area (Å²) >= 11 is 6.56. The van der Waals surface area contributed by atoms with Crippen LogP contribution in [0.5, 0.6) is 0 Å². The zero-order valence-electron chi connectivity index (χ0n) is 12.4. The van der Waals surface area contributed by atoms with Crippen molar-refractivity contribution >= 4 is 50.1 Å². The molecule has 0 radical (unpaired) electrons. The maximum Gasteiger partial charge on any atom is 0.236 e. The van der Waals surface area contributed by atoms with Crippen molar-refractivity contribution in [2.75, 3.05) is 11.1 Å². The Kier molecular flexibility index (Phi) is 4.84. The van der Waals surface area contributed by atoms with Crippen LogP contribution >= 0.6 is 39.0 Å². The molecule has 0 spiro atoms. The molecule has 4 nitrogen and oxygen atoms in total. The maximum atomic E-state index is 12.0. The predicted octanol–water partition coefficient (Wildman–Crippen LogP) is 4.53. The summed E-state index contributed by atoms with van der Waals surface area (Å²) in [5.41, 5.74) is 2.34. The highest BCUT2D eigenvalue weighted by Gasteiger charge is 2.27. The average Bonchev–Trinajstić information content (AvgIpc) is 3.22. The predicted molar refractivity (Wildman–Crippen MR) is 94.9 cm³/mol. The Morgan fingerprint density at radius 2 is 2.14 bits per heavy atom. The summed E-state index contributed by atoms with van der Waals surface area (Å²) in [7, 11) is 0. The van der Waals surface area contributed by atoms with Gasteiger partial charge in [-0.3, -0.25) is 10.1 Å². The minimum Gasteiger partial charge on any atom is -0.300 e. The number of halogens is 1. The third kappa shape index (κ3) is 3.88. The SMILES string of the molecule is Cc1cc(SCC(=O)Nc2nnc(C3CC3)s2)c(C)cc1Br. The quantitative estimate of drug-likeness (QED) is 0.753. The number of aryl methyl sites for hydroxylation is 2. The molecule has 2 aromatic rings. The van der Waals surface area contributed by atoms with Crippen molar-refractivity contribution in [2.45, 2.75) is 37.5 Å². The highest BCUT2D eigenvalue weighted by atomic mass is 79.9. The van der Waals surface area contributed by atoms with E-state index in [1.807, 2.05) is 6.92 Å². The van der Waals surface area contributed by atoms with E-state index in [0.717, 1.165) is 14.4 Å². The lowest BCUT2D eigenvalue weighted by atomic mass is 10.2. The fourth-order valence-corrected chi connectivity index (χ4v) is 4.28. The molecule has 22 heavy (non-hydrogen) atoms. The van der Waals surface area contributed by atoms with Crippen LogP contribution in [0.25, 0.3) is 0 Å². The van der Waals surface area contributed by atoms with Crippen molar-refractivity contribution in [3.8, 4) is 0 Å². The lowest BCUT2D eigenvalue weighted by Crippen LogP contribution is -2.13. The summed E-state index contributed by atoms with van der Waals surface area (Å²) in [5.74, 6) is 0.912. The number of thioether (sulfide) groups is 1. The van der Waals surface area contributed by atoms with E-state index in [9.17, 15) is 4.79 Å². The van der Waals surface area contributed by atoms with Crippen LogP contribution < -0.4 is 5.32 Å². The van der Waals surface area contributed by atoms with Gasteiger partial charge in [-0.05, 0) is 49.9 Å². The number of carbonyl (C=O) groups is 1. The van der Waals surface area contributed by atoms with Crippen LogP contribution in [0.15, 0.2) is 21.5 Å². The van der Waals surface area contributed by atoms with E-state index in [2.05, 4.69) is 50.5 Å². The van der Waals surface area contributed by atoms with Crippen molar-refractivity contribution in [3.63, 3.8) is 0 Å². The van der Waals surface area contributed by atoms with Gasteiger partial charge in [0.25, 0.3) is 0 Å². The van der Waals surface area contributed by atoms with Crippen LogP contribution in [0.4, 0.5) is 5.13 Å². The molecule has 7 heteroatoms. The van der Waals surface area contributed by atoms with Crippen LogP contribution in [0, 0.1) is 13.8 Å². The molecular formula is C15H16BrN3OS2. The lowest BCUT2D eigenvalue weighted by Gasteiger charge is -2.08. The Labute approximate surface area is 146 Å². The molecule has 1 N–H and O–H groups in total. The van der Waals surface area contributed by atoms with Crippen LogP contribution in [0.3, 0.4) is 0 Å². The van der Waals surface area contributed by atoms with Gasteiger partial charge in [0.05, 0.1) is 5.75 Å². The first-order valence-electron chi connectivity index (χ1n) is 7.05. The fraction of sp³-hybridized carbons (Fsp3) is 0.400. The van der Waals surface area contributed by atoms with Gasteiger partial charge in [-0.2, -0.15) is 0 Å². The van der Waals surface area contributed by atoms with E-state index in [1.165, 1.54) is 35.3 Å². The second-order valence-corrected chi connectivity index (χ2v) is 8.30. The third-order valence-corrected chi connectivity index (χ3v) is 6.44. The van der Waals surface area contributed by atoms with Crippen molar-refractivity contribution in [2.24, 2.45) is 0 Å². The van der Waals surface area contributed by atoms with Crippen molar-refractivity contribution in [1.29, 1.82) is 0 Å². The Hall–Kier alpha value is -0.920. The molecule has 0 aliphatic heterocycles. The topological polar surface area (TPSA) is 54.9 Å².